The Morgan fingerprint density at radius 1 is 1.69 bits per heavy atom. The highest BCUT2D eigenvalue weighted by Gasteiger charge is 2.20. The van der Waals surface area contributed by atoms with Gasteiger partial charge in [0.05, 0.1) is 10.9 Å². The van der Waals surface area contributed by atoms with Crippen molar-refractivity contribution in [2.75, 3.05) is 0 Å². The maximum Gasteiger partial charge on any atom is 0.358 e. The van der Waals surface area contributed by atoms with Gasteiger partial charge in [-0.1, -0.05) is 11.3 Å². The van der Waals surface area contributed by atoms with Gasteiger partial charge in [0.2, 0.25) is 0 Å². The van der Waals surface area contributed by atoms with Gasteiger partial charge in [0.15, 0.2) is 5.69 Å². The van der Waals surface area contributed by atoms with E-state index < -0.39 is 5.97 Å². The van der Waals surface area contributed by atoms with Crippen molar-refractivity contribution in [3.05, 3.63) is 23.2 Å². The van der Waals surface area contributed by atoms with Crippen molar-refractivity contribution in [2.24, 2.45) is 0 Å². The molecule has 1 N–H and O–H groups in total. The van der Waals surface area contributed by atoms with Crippen molar-refractivity contribution in [1.29, 1.82) is 5.26 Å². The van der Waals surface area contributed by atoms with Gasteiger partial charge in [0, 0.05) is 0 Å². The molecule has 2 aromatic rings. The molecule has 0 aromatic carbocycles. The van der Waals surface area contributed by atoms with Crippen LogP contribution in [0.25, 0.3) is 10.6 Å². The van der Waals surface area contributed by atoms with Gasteiger partial charge in [-0.2, -0.15) is 5.26 Å². The first-order chi connectivity index (χ1) is 7.74. The fourth-order valence-electron chi connectivity index (χ4n) is 1.29. The summed E-state index contributed by atoms with van der Waals surface area (Å²) in [7, 11) is 0. The molecule has 0 radical (unpaired) electrons. The highest BCUT2D eigenvalue weighted by atomic mass is 32.1. The number of carboxylic acids is 1. The Hall–Kier alpha value is -2.20. The Labute approximate surface area is 94.4 Å². The first kappa shape index (κ1) is 10.3. The van der Waals surface area contributed by atoms with Gasteiger partial charge < -0.3 is 5.11 Å². The second kappa shape index (κ2) is 4.12. The topological polar surface area (TPSA) is 91.8 Å². The lowest BCUT2D eigenvalue weighted by molar-refractivity contribution is 0.0691. The molecule has 0 unspecified atom stereocenters. The molecule has 6 nitrogen and oxygen atoms in total. The molecular formula is C9H6N4O2S. The number of nitriles is 1. The minimum Gasteiger partial charge on any atom is -0.476 e. The molecule has 16 heavy (non-hydrogen) atoms. The second-order valence-corrected chi connectivity index (χ2v) is 3.83. The van der Waals surface area contributed by atoms with E-state index in [0.29, 0.717) is 5.69 Å². The number of nitrogens with zero attached hydrogens (tertiary/aromatic N) is 4. The number of hydrogen-bond acceptors (Lipinski definition) is 5. The van der Waals surface area contributed by atoms with E-state index in [1.807, 2.05) is 11.4 Å². The Morgan fingerprint density at radius 2 is 2.50 bits per heavy atom. The van der Waals surface area contributed by atoms with Crippen molar-refractivity contribution < 1.29 is 9.90 Å². The Bertz CT molecular complexity index is 553. The molecule has 2 aromatic heterocycles. The van der Waals surface area contributed by atoms with Gasteiger partial charge in [-0.05, 0) is 11.4 Å². The molecular weight excluding hydrogens is 228 g/mol. The van der Waals surface area contributed by atoms with Crippen LogP contribution in [0.15, 0.2) is 17.5 Å². The average Bonchev–Trinajstić information content (AvgIpc) is 2.84. The summed E-state index contributed by atoms with van der Waals surface area (Å²) >= 11 is 1.38. The van der Waals surface area contributed by atoms with Crippen LogP contribution < -0.4 is 0 Å². The van der Waals surface area contributed by atoms with Crippen LogP contribution in [0.2, 0.25) is 0 Å². The number of carboxylic acid groups (broad SMARTS) is 1. The number of hydrogen-bond donors (Lipinski definition) is 1. The lowest BCUT2D eigenvalue weighted by Crippen LogP contribution is -2.03. The van der Waals surface area contributed by atoms with Gasteiger partial charge in [0.25, 0.3) is 0 Å². The Kier molecular flexibility index (Phi) is 2.66. The van der Waals surface area contributed by atoms with Crippen molar-refractivity contribution in [2.45, 2.75) is 6.54 Å². The first-order valence-corrected chi connectivity index (χ1v) is 5.19. The maximum atomic E-state index is 10.9. The summed E-state index contributed by atoms with van der Waals surface area (Å²) in [6, 6.07) is 5.48. The molecule has 0 saturated carbocycles. The van der Waals surface area contributed by atoms with Crippen molar-refractivity contribution in [1.82, 2.24) is 15.0 Å². The summed E-state index contributed by atoms with van der Waals surface area (Å²) in [6.07, 6.45) is 0. The van der Waals surface area contributed by atoms with Crippen LogP contribution in [0, 0.1) is 11.3 Å². The zero-order chi connectivity index (χ0) is 11.5. The van der Waals surface area contributed by atoms with Crippen LogP contribution >= 0.6 is 11.3 Å². The molecule has 0 aliphatic heterocycles. The van der Waals surface area contributed by atoms with E-state index in [-0.39, 0.29) is 12.2 Å². The van der Waals surface area contributed by atoms with E-state index in [9.17, 15) is 4.79 Å². The van der Waals surface area contributed by atoms with Crippen molar-refractivity contribution in [3.63, 3.8) is 0 Å². The maximum absolute atomic E-state index is 10.9. The van der Waals surface area contributed by atoms with Gasteiger partial charge in [-0.25, -0.2) is 9.48 Å². The predicted octanol–water partition coefficient (Wildman–Crippen LogP) is 1.23. The van der Waals surface area contributed by atoms with E-state index in [0.717, 1.165) is 4.88 Å². The van der Waals surface area contributed by atoms with Crippen LogP contribution in [0.1, 0.15) is 10.5 Å². The van der Waals surface area contributed by atoms with Crippen molar-refractivity contribution in [3.8, 4) is 16.6 Å². The quantitative estimate of drug-likeness (QED) is 0.862. The molecule has 0 atom stereocenters. The van der Waals surface area contributed by atoms with Gasteiger partial charge in [-0.3, -0.25) is 0 Å². The molecule has 2 rings (SSSR count). The van der Waals surface area contributed by atoms with E-state index in [2.05, 4.69) is 10.3 Å². The van der Waals surface area contributed by atoms with Crippen LogP contribution in [0.3, 0.4) is 0 Å². The molecule has 0 amide bonds. The fourth-order valence-corrected chi connectivity index (χ4v) is 2.07. The summed E-state index contributed by atoms with van der Waals surface area (Å²) in [5.74, 6) is -1.15. The van der Waals surface area contributed by atoms with Gasteiger partial charge in [-0.15, -0.1) is 16.4 Å². The van der Waals surface area contributed by atoms with Crippen LogP contribution in [0.5, 0.6) is 0 Å². The molecule has 2 heterocycles. The summed E-state index contributed by atoms with van der Waals surface area (Å²) in [4.78, 5) is 11.7. The molecule has 0 spiro atoms. The molecule has 7 heteroatoms. The number of carbonyl (C=O) groups is 1. The molecule has 0 aliphatic rings. The summed E-state index contributed by atoms with van der Waals surface area (Å²) in [5, 5.41) is 26.6. The number of rotatable bonds is 3. The van der Waals surface area contributed by atoms with Crippen LogP contribution in [0.4, 0.5) is 0 Å². The van der Waals surface area contributed by atoms with Gasteiger partial charge in [0.1, 0.15) is 12.2 Å². The van der Waals surface area contributed by atoms with Crippen molar-refractivity contribution >= 4 is 17.3 Å². The van der Waals surface area contributed by atoms with Gasteiger partial charge >= 0.3 is 5.97 Å². The minimum absolute atomic E-state index is 0.0203. The highest BCUT2D eigenvalue weighted by molar-refractivity contribution is 7.13. The fraction of sp³-hybridized carbons (Fsp3) is 0.111. The Morgan fingerprint density at radius 3 is 3.06 bits per heavy atom. The number of aromatic carboxylic acids is 1. The lowest BCUT2D eigenvalue weighted by Gasteiger charge is -1.99. The summed E-state index contributed by atoms with van der Waals surface area (Å²) in [5.41, 5.74) is 0.252. The second-order valence-electron chi connectivity index (χ2n) is 2.88. The predicted molar refractivity (Wildman–Crippen MR) is 55.9 cm³/mol. The molecule has 0 aliphatic carbocycles. The highest BCUT2D eigenvalue weighted by Crippen LogP contribution is 2.26. The zero-order valence-electron chi connectivity index (χ0n) is 7.99. The minimum atomic E-state index is -1.15. The lowest BCUT2D eigenvalue weighted by atomic mass is 10.2. The molecule has 0 saturated heterocycles. The monoisotopic (exact) mass is 234 g/mol. The summed E-state index contributed by atoms with van der Waals surface area (Å²) in [6.45, 7) is -0.0203. The van der Waals surface area contributed by atoms with E-state index >= 15 is 0 Å². The number of thiophene rings is 1. The smallest absolute Gasteiger partial charge is 0.358 e. The molecule has 0 bridgehead atoms. The van der Waals surface area contributed by atoms with E-state index in [1.54, 1.807) is 12.1 Å². The third kappa shape index (κ3) is 1.66. The standard InChI is InChI=1S/C9H6N4O2S/c10-3-4-13-8(6-2-1-5-16-6)7(9(14)15)11-12-13/h1-2,5H,4H2,(H,14,15). The third-order valence-corrected chi connectivity index (χ3v) is 2.79. The molecule has 80 valence electrons. The Balaban J connectivity index is 2.59. The first-order valence-electron chi connectivity index (χ1n) is 4.31. The van der Waals surface area contributed by atoms with Crippen LogP contribution in [-0.4, -0.2) is 26.1 Å². The third-order valence-electron chi connectivity index (χ3n) is 1.91. The van der Waals surface area contributed by atoms with E-state index in [1.165, 1.54) is 16.0 Å². The SMILES string of the molecule is N#CCn1nnc(C(=O)O)c1-c1cccs1. The van der Waals surface area contributed by atoms with E-state index in [4.69, 9.17) is 10.4 Å². The van der Waals surface area contributed by atoms with Crippen LogP contribution in [-0.2, 0) is 6.54 Å². The summed E-state index contributed by atoms with van der Waals surface area (Å²) < 4.78 is 1.29. The zero-order valence-corrected chi connectivity index (χ0v) is 8.81. The number of aromatic nitrogens is 3. The largest absolute Gasteiger partial charge is 0.476 e. The average molecular weight is 234 g/mol. The normalized spacial score (nSPS) is 9.94. The molecule has 0 fully saturated rings.